The molecule has 170 valence electrons. The smallest absolute Gasteiger partial charge is 0.409 e. The van der Waals surface area contributed by atoms with Gasteiger partial charge in [0.1, 0.15) is 5.56 Å². The van der Waals surface area contributed by atoms with Crippen LogP contribution in [0.5, 0.6) is 5.88 Å². The van der Waals surface area contributed by atoms with Crippen LogP contribution < -0.4 is 4.73 Å². The molecule has 33 heavy (non-hydrogen) atoms. The number of benzene rings is 1. The minimum atomic E-state index is -0.258. The van der Waals surface area contributed by atoms with Gasteiger partial charge in [-0.15, -0.1) is 0 Å². The summed E-state index contributed by atoms with van der Waals surface area (Å²) < 4.78 is 5.91. The minimum absolute atomic E-state index is 0.107. The lowest BCUT2D eigenvalue weighted by molar-refractivity contribution is -0.594. The van der Waals surface area contributed by atoms with Crippen molar-refractivity contribution in [3.63, 3.8) is 0 Å². The summed E-state index contributed by atoms with van der Waals surface area (Å²) in [5.74, 6) is 0.315. The summed E-state index contributed by atoms with van der Waals surface area (Å²) in [5, 5.41) is 33.2. The van der Waals surface area contributed by atoms with Crippen LogP contribution in [0, 0.1) is 22.5 Å². The Bertz CT molecular complexity index is 1260. The van der Waals surface area contributed by atoms with Crippen molar-refractivity contribution in [3.8, 4) is 23.2 Å². The van der Waals surface area contributed by atoms with Crippen molar-refractivity contribution in [2.75, 3.05) is 26.2 Å². The number of nitrogens with one attached hydrogen (secondary N) is 1. The molecule has 2 fully saturated rings. The first kappa shape index (κ1) is 21.1. The summed E-state index contributed by atoms with van der Waals surface area (Å²) in [6, 6.07) is 11.0. The number of carbonyl (C=O) groups excluding carboxylic acids is 1. The fourth-order valence-electron chi connectivity index (χ4n) is 5.16. The van der Waals surface area contributed by atoms with E-state index in [-0.39, 0.29) is 18.0 Å². The van der Waals surface area contributed by atoms with Gasteiger partial charge in [0, 0.05) is 48.2 Å². The zero-order chi connectivity index (χ0) is 23.1. The molecule has 0 spiro atoms. The van der Waals surface area contributed by atoms with Crippen LogP contribution in [0.4, 0.5) is 4.79 Å². The molecule has 3 aromatic rings. The highest BCUT2D eigenvalue weighted by molar-refractivity contribution is 5.98. The predicted molar refractivity (Wildman–Crippen MR) is 120 cm³/mol. The standard InChI is InChI=1S/C24H25N5O4/c1-2-33-24(31)28-13-17-7-8-27(21(17)14-28)11-16-4-6-20(29(32)12-16)22-18-9-15(10-25)3-5-19(18)26-23(22)30/h3-6,9,12,17,21,26,30H,2,7-8,11,13-14H2,1H3/t17-,21+/m0/s1. The lowest BCUT2D eigenvalue weighted by atomic mass is 10.0. The highest BCUT2D eigenvalue weighted by Crippen LogP contribution is 2.36. The number of hydrogen-bond acceptors (Lipinski definition) is 6. The molecule has 0 bridgehead atoms. The van der Waals surface area contributed by atoms with Crippen LogP contribution in [0.3, 0.4) is 0 Å². The number of hydrogen-bond donors (Lipinski definition) is 2. The number of aromatic nitrogens is 2. The maximum atomic E-state index is 12.9. The number of H-pyrrole nitrogens is 1. The summed E-state index contributed by atoms with van der Waals surface area (Å²) in [6.07, 6.45) is 2.29. The van der Waals surface area contributed by atoms with E-state index in [9.17, 15) is 20.4 Å². The van der Waals surface area contributed by atoms with E-state index in [1.54, 1.807) is 36.1 Å². The first-order valence-electron chi connectivity index (χ1n) is 11.1. The van der Waals surface area contributed by atoms with E-state index in [0.717, 1.165) is 23.3 Å². The molecule has 0 unspecified atom stereocenters. The Morgan fingerprint density at radius 1 is 1.36 bits per heavy atom. The fraction of sp³-hybridized carbons (Fsp3) is 0.375. The second-order valence-electron chi connectivity index (χ2n) is 8.66. The summed E-state index contributed by atoms with van der Waals surface area (Å²) >= 11 is 0. The van der Waals surface area contributed by atoms with Gasteiger partial charge in [-0.2, -0.15) is 9.99 Å². The lowest BCUT2D eigenvalue weighted by Crippen LogP contribution is -2.37. The predicted octanol–water partition coefficient (Wildman–Crippen LogP) is 2.71. The van der Waals surface area contributed by atoms with Gasteiger partial charge in [-0.3, -0.25) is 4.90 Å². The molecule has 0 radical (unpaired) electrons. The number of amides is 1. The van der Waals surface area contributed by atoms with Crippen molar-refractivity contribution < 1.29 is 19.4 Å². The van der Waals surface area contributed by atoms with E-state index in [1.807, 2.05) is 6.07 Å². The molecule has 2 aliphatic heterocycles. The lowest BCUT2D eigenvalue weighted by Gasteiger charge is -2.24. The zero-order valence-corrected chi connectivity index (χ0v) is 18.3. The second kappa shape index (κ2) is 8.30. The maximum absolute atomic E-state index is 12.9. The molecule has 2 aliphatic rings. The molecule has 2 aromatic heterocycles. The molecule has 0 saturated carbocycles. The Morgan fingerprint density at radius 2 is 2.21 bits per heavy atom. The molecule has 2 N–H and O–H groups in total. The van der Waals surface area contributed by atoms with Gasteiger partial charge in [0.05, 0.1) is 18.2 Å². The third kappa shape index (κ3) is 3.72. The third-order valence-electron chi connectivity index (χ3n) is 6.71. The largest absolute Gasteiger partial charge is 0.618 e. The summed E-state index contributed by atoms with van der Waals surface area (Å²) in [7, 11) is 0. The molecule has 1 amide bonds. The first-order valence-corrected chi connectivity index (χ1v) is 11.1. The molecule has 0 aliphatic carbocycles. The van der Waals surface area contributed by atoms with Crippen LogP contribution in [-0.2, 0) is 11.3 Å². The van der Waals surface area contributed by atoms with Crippen molar-refractivity contribution in [1.29, 1.82) is 5.26 Å². The minimum Gasteiger partial charge on any atom is -0.618 e. The summed E-state index contributed by atoms with van der Waals surface area (Å²) in [4.78, 5) is 19.1. The van der Waals surface area contributed by atoms with E-state index in [0.29, 0.717) is 59.9 Å². The van der Waals surface area contributed by atoms with Crippen LogP contribution in [0.15, 0.2) is 36.5 Å². The molecule has 9 heteroatoms. The number of aromatic hydroxyl groups is 1. The molecule has 2 atom stereocenters. The van der Waals surface area contributed by atoms with Gasteiger partial charge in [0.2, 0.25) is 11.6 Å². The molecule has 9 nitrogen and oxygen atoms in total. The van der Waals surface area contributed by atoms with Gasteiger partial charge in [0.15, 0.2) is 6.20 Å². The number of nitrogens with zero attached hydrogens (tertiary/aromatic N) is 4. The molecular weight excluding hydrogens is 422 g/mol. The van der Waals surface area contributed by atoms with Crippen LogP contribution in [0.25, 0.3) is 22.2 Å². The second-order valence-corrected chi connectivity index (χ2v) is 8.66. The SMILES string of the molecule is CCOC(=O)N1C[C@@H]2CCN(Cc3ccc(-c4c(O)[nH]c5ccc(C#N)cc45)[n+]([O-])c3)[C@@H]2C1. The first-order chi connectivity index (χ1) is 16.0. The van der Waals surface area contributed by atoms with E-state index >= 15 is 0 Å². The average Bonchev–Trinajstić information content (AvgIpc) is 3.47. The van der Waals surface area contributed by atoms with Crippen LogP contribution in [0.2, 0.25) is 0 Å². The van der Waals surface area contributed by atoms with Crippen molar-refractivity contribution >= 4 is 17.0 Å². The van der Waals surface area contributed by atoms with Crippen LogP contribution in [-0.4, -0.2) is 58.3 Å². The summed E-state index contributed by atoms with van der Waals surface area (Å²) in [5.41, 5.74) is 2.66. The Kier molecular flexibility index (Phi) is 5.30. The van der Waals surface area contributed by atoms with Gasteiger partial charge in [-0.1, -0.05) is 0 Å². The zero-order valence-electron chi connectivity index (χ0n) is 18.3. The van der Waals surface area contributed by atoms with Gasteiger partial charge in [-0.05, 0) is 50.1 Å². The van der Waals surface area contributed by atoms with Crippen molar-refractivity contribution in [2.45, 2.75) is 25.9 Å². The number of ether oxygens (including phenoxy) is 1. The normalized spacial score (nSPS) is 20.2. The van der Waals surface area contributed by atoms with E-state index in [4.69, 9.17) is 4.74 Å². The molecule has 5 rings (SSSR count). The topological polar surface area (TPSA) is 120 Å². The number of pyridine rings is 1. The summed E-state index contributed by atoms with van der Waals surface area (Å²) in [6.45, 7) is 5.06. The van der Waals surface area contributed by atoms with Crippen molar-refractivity contribution in [3.05, 3.63) is 52.9 Å². The highest BCUT2D eigenvalue weighted by Gasteiger charge is 2.43. The third-order valence-corrected chi connectivity index (χ3v) is 6.71. The number of fused-ring (bicyclic) bond motifs is 2. The quantitative estimate of drug-likeness (QED) is 0.469. The molecule has 1 aromatic carbocycles. The number of aromatic amines is 1. The van der Waals surface area contributed by atoms with Gasteiger partial charge in [-0.25, -0.2) is 4.79 Å². The fourth-order valence-corrected chi connectivity index (χ4v) is 5.16. The number of carbonyl (C=O) groups is 1. The number of rotatable bonds is 4. The Hall–Kier alpha value is -3.77. The Morgan fingerprint density at radius 3 is 2.97 bits per heavy atom. The molecule has 4 heterocycles. The van der Waals surface area contributed by atoms with Crippen LogP contribution in [0.1, 0.15) is 24.5 Å². The van der Waals surface area contributed by atoms with Gasteiger partial charge < -0.3 is 24.9 Å². The number of nitriles is 1. The Labute approximate surface area is 191 Å². The van der Waals surface area contributed by atoms with E-state index in [1.165, 1.54) is 6.20 Å². The monoisotopic (exact) mass is 447 g/mol. The van der Waals surface area contributed by atoms with E-state index < -0.39 is 0 Å². The number of likely N-dealkylation sites (tertiary alicyclic amines) is 2. The van der Waals surface area contributed by atoms with Crippen molar-refractivity contribution in [2.24, 2.45) is 5.92 Å². The average molecular weight is 447 g/mol. The van der Waals surface area contributed by atoms with Crippen LogP contribution >= 0.6 is 0 Å². The molecular formula is C24H25N5O4. The van der Waals surface area contributed by atoms with Crippen molar-refractivity contribution in [1.82, 2.24) is 14.8 Å². The van der Waals surface area contributed by atoms with Gasteiger partial charge in [0.25, 0.3) is 0 Å². The highest BCUT2D eigenvalue weighted by atomic mass is 16.6. The Balaban J connectivity index is 1.37. The van der Waals surface area contributed by atoms with E-state index in [2.05, 4.69) is 16.0 Å². The maximum Gasteiger partial charge on any atom is 0.409 e. The van der Waals surface area contributed by atoms with Gasteiger partial charge >= 0.3 is 6.09 Å². The molecule has 2 saturated heterocycles.